The minimum Gasteiger partial charge on any atom is -0.368 e. The normalized spacial score (nSPS) is 11.0. The molecule has 19 heavy (non-hydrogen) atoms. The van der Waals surface area contributed by atoms with E-state index < -0.39 is 5.91 Å². The molecule has 0 aromatic carbocycles. The van der Waals surface area contributed by atoms with Crippen LogP contribution in [0.15, 0.2) is 18.3 Å². The Balaban J connectivity index is 2.64. The van der Waals surface area contributed by atoms with E-state index in [1.807, 2.05) is 19.0 Å². The number of pyridine rings is 1. The highest BCUT2D eigenvalue weighted by Gasteiger charge is 2.02. The highest BCUT2D eigenvalue weighted by Crippen LogP contribution is 2.20. The molecule has 0 atom stereocenters. The minimum absolute atomic E-state index is 0.477. The first-order valence-electron chi connectivity index (χ1n) is 5.69. The lowest BCUT2D eigenvalue weighted by Crippen LogP contribution is -2.21. The maximum atomic E-state index is 10.8. The molecule has 1 heterocycles. The van der Waals surface area contributed by atoms with Gasteiger partial charge in [0.05, 0.1) is 5.02 Å². The van der Waals surface area contributed by atoms with E-state index in [1.54, 1.807) is 12.3 Å². The number of rotatable bonds is 6. The first kappa shape index (κ1) is 15.4. The molecule has 7 heteroatoms. The van der Waals surface area contributed by atoms with E-state index in [0.29, 0.717) is 16.4 Å². The first-order chi connectivity index (χ1) is 9.02. The van der Waals surface area contributed by atoms with Crippen molar-refractivity contribution in [3.05, 3.63) is 28.9 Å². The molecule has 1 amide bonds. The molecule has 1 aromatic rings. The van der Waals surface area contributed by atoms with Gasteiger partial charge < -0.3 is 10.2 Å². The van der Waals surface area contributed by atoms with Gasteiger partial charge in [0.2, 0.25) is 0 Å². The zero-order valence-electron chi connectivity index (χ0n) is 10.9. The van der Waals surface area contributed by atoms with E-state index in [9.17, 15) is 4.79 Å². The minimum atomic E-state index is -0.607. The van der Waals surface area contributed by atoms with Crippen molar-refractivity contribution in [2.45, 2.75) is 0 Å². The zero-order chi connectivity index (χ0) is 14.3. The Morgan fingerprint density at radius 1 is 1.58 bits per heavy atom. The highest BCUT2D eigenvalue weighted by molar-refractivity contribution is 6.33. The molecule has 3 N–H and O–H groups in total. The number of hydrogen-bond donors (Lipinski definition) is 3. The molecule has 0 radical (unpaired) electrons. The van der Waals surface area contributed by atoms with Crippen LogP contribution in [0.5, 0.6) is 0 Å². The molecule has 0 spiro atoms. The van der Waals surface area contributed by atoms with Gasteiger partial charge in [0, 0.05) is 25.4 Å². The van der Waals surface area contributed by atoms with Crippen molar-refractivity contribution in [1.29, 1.82) is 0 Å². The Morgan fingerprint density at radius 3 is 2.89 bits per heavy atom. The van der Waals surface area contributed by atoms with Gasteiger partial charge in [0.25, 0.3) is 5.91 Å². The average molecular weight is 285 g/mol. The van der Waals surface area contributed by atoms with E-state index in [-0.39, 0.29) is 0 Å². The van der Waals surface area contributed by atoms with Gasteiger partial charge in [-0.1, -0.05) is 11.6 Å². The molecule has 6 nitrogen and oxygen atoms in total. The van der Waals surface area contributed by atoms with E-state index in [4.69, 9.17) is 16.8 Å². The molecule has 0 aliphatic rings. The summed E-state index contributed by atoms with van der Waals surface area (Å²) in [6.07, 6.45) is 4.28. The molecule has 0 unspecified atom stereocenters. The summed E-state index contributed by atoms with van der Waals surface area (Å²) in [5.74, 6) is -0.00316. The van der Waals surface area contributed by atoms with Crippen LogP contribution in [-0.2, 0) is 4.79 Å². The molecular weight excluding hydrogens is 268 g/mol. The lowest BCUT2D eigenvalue weighted by molar-refractivity contribution is -0.124. The van der Waals surface area contributed by atoms with Crippen molar-refractivity contribution in [3.63, 3.8) is 0 Å². The van der Waals surface area contributed by atoms with Crippen molar-refractivity contribution in [1.82, 2.24) is 15.4 Å². The first-order valence-corrected chi connectivity index (χ1v) is 6.07. The number of halogens is 1. The predicted octanol–water partition coefficient (Wildman–Crippen LogP) is 1.23. The molecule has 0 saturated heterocycles. The Kier molecular flexibility index (Phi) is 6.27. The van der Waals surface area contributed by atoms with Gasteiger partial charge in [-0.05, 0) is 31.8 Å². The summed E-state index contributed by atoms with van der Waals surface area (Å²) in [5, 5.41) is 11.9. The fraction of sp³-hybridized carbons (Fsp3) is 0.333. The molecule has 104 valence electrons. The summed E-state index contributed by atoms with van der Waals surface area (Å²) in [5.41, 5.74) is 2.18. The number of carbonyl (C=O) groups is 1. The van der Waals surface area contributed by atoms with Crippen molar-refractivity contribution in [3.8, 4) is 0 Å². The standard InChI is InChI=1S/C12H17ClN4O2/c1-17(2)6-5-14-12-10(13)7-9(8-15-12)3-4-11(18)16-19/h3-4,7-8,19H,5-6H2,1-2H3,(H,14,15)(H,16,18). The highest BCUT2D eigenvalue weighted by atomic mass is 35.5. The molecular formula is C12H17ClN4O2. The summed E-state index contributed by atoms with van der Waals surface area (Å²) in [7, 11) is 3.97. The lowest BCUT2D eigenvalue weighted by Gasteiger charge is -2.11. The molecule has 0 bridgehead atoms. The van der Waals surface area contributed by atoms with Crippen LogP contribution >= 0.6 is 11.6 Å². The van der Waals surface area contributed by atoms with Crippen LogP contribution in [0, 0.1) is 0 Å². The lowest BCUT2D eigenvalue weighted by atomic mass is 10.2. The maximum Gasteiger partial charge on any atom is 0.267 e. The topological polar surface area (TPSA) is 77.5 Å². The molecule has 0 aliphatic heterocycles. The quantitative estimate of drug-likeness (QED) is 0.416. The smallest absolute Gasteiger partial charge is 0.267 e. The average Bonchev–Trinajstić information content (AvgIpc) is 2.37. The van der Waals surface area contributed by atoms with E-state index >= 15 is 0 Å². The van der Waals surface area contributed by atoms with Crippen LogP contribution in [0.4, 0.5) is 5.82 Å². The van der Waals surface area contributed by atoms with Crippen molar-refractivity contribution in [2.75, 3.05) is 32.5 Å². The number of nitrogens with one attached hydrogen (secondary N) is 2. The van der Waals surface area contributed by atoms with Crippen LogP contribution in [0.2, 0.25) is 5.02 Å². The Morgan fingerprint density at radius 2 is 2.32 bits per heavy atom. The van der Waals surface area contributed by atoms with Crippen molar-refractivity contribution < 1.29 is 10.0 Å². The van der Waals surface area contributed by atoms with Crippen LogP contribution in [0.3, 0.4) is 0 Å². The number of likely N-dealkylation sites (N-methyl/N-ethyl adjacent to an activating group) is 1. The van der Waals surface area contributed by atoms with E-state index in [0.717, 1.165) is 13.1 Å². The predicted molar refractivity (Wildman–Crippen MR) is 75.3 cm³/mol. The van der Waals surface area contributed by atoms with Crippen LogP contribution in [-0.4, -0.2) is 48.2 Å². The fourth-order valence-corrected chi connectivity index (χ4v) is 1.52. The third kappa shape index (κ3) is 5.69. The fourth-order valence-electron chi connectivity index (χ4n) is 1.28. The zero-order valence-corrected chi connectivity index (χ0v) is 11.6. The largest absolute Gasteiger partial charge is 0.368 e. The number of nitrogens with zero attached hydrogens (tertiary/aromatic N) is 2. The van der Waals surface area contributed by atoms with Crippen LogP contribution in [0.25, 0.3) is 6.08 Å². The summed E-state index contributed by atoms with van der Waals surface area (Å²) in [6.45, 7) is 1.61. The van der Waals surface area contributed by atoms with E-state index in [1.165, 1.54) is 17.6 Å². The van der Waals surface area contributed by atoms with Crippen molar-refractivity contribution >= 4 is 29.4 Å². The Bertz CT molecular complexity index is 463. The number of hydrogen-bond acceptors (Lipinski definition) is 5. The summed E-state index contributed by atoms with van der Waals surface area (Å²) in [4.78, 5) is 17.0. The number of carbonyl (C=O) groups excluding carboxylic acids is 1. The molecule has 0 fully saturated rings. The number of aromatic nitrogens is 1. The van der Waals surface area contributed by atoms with Crippen LogP contribution in [0.1, 0.15) is 5.56 Å². The number of hydroxylamine groups is 1. The van der Waals surface area contributed by atoms with Gasteiger partial charge in [-0.15, -0.1) is 0 Å². The number of anilines is 1. The molecule has 0 saturated carbocycles. The summed E-state index contributed by atoms with van der Waals surface area (Å²) < 4.78 is 0. The monoisotopic (exact) mass is 284 g/mol. The third-order valence-electron chi connectivity index (χ3n) is 2.25. The van der Waals surface area contributed by atoms with Crippen LogP contribution < -0.4 is 10.8 Å². The van der Waals surface area contributed by atoms with Gasteiger partial charge in [0.15, 0.2) is 0 Å². The van der Waals surface area contributed by atoms with Gasteiger partial charge >= 0.3 is 0 Å². The van der Waals surface area contributed by atoms with E-state index in [2.05, 4.69) is 10.3 Å². The Hall–Kier alpha value is -1.63. The third-order valence-corrected chi connectivity index (χ3v) is 2.54. The second kappa shape index (κ2) is 7.73. The Labute approximate surface area is 117 Å². The van der Waals surface area contributed by atoms with Gasteiger partial charge in [-0.2, -0.15) is 0 Å². The maximum absolute atomic E-state index is 10.8. The van der Waals surface area contributed by atoms with Gasteiger partial charge in [-0.25, -0.2) is 10.5 Å². The second-order valence-corrected chi connectivity index (χ2v) is 4.55. The van der Waals surface area contributed by atoms with Crippen molar-refractivity contribution in [2.24, 2.45) is 0 Å². The summed E-state index contributed by atoms with van der Waals surface area (Å²) in [6, 6.07) is 1.69. The second-order valence-electron chi connectivity index (χ2n) is 4.14. The molecule has 1 rings (SSSR count). The summed E-state index contributed by atoms with van der Waals surface area (Å²) >= 11 is 6.07. The molecule has 0 aliphatic carbocycles. The van der Waals surface area contributed by atoms with Gasteiger partial charge in [-0.3, -0.25) is 10.0 Å². The molecule has 1 aromatic heterocycles. The number of amides is 1. The van der Waals surface area contributed by atoms with Gasteiger partial charge in [0.1, 0.15) is 5.82 Å². The SMILES string of the molecule is CN(C)CCNc1ncc(C=CC(=O)NO)cc1Cl.